The molecule has 150 valence electrons. The second kappa shape index (κ2) is 9.78. The van der Waals surface area contributed by atoms with Crippen LogP contribution >= 0.6 is 0 Å². The van der Waals surface area contributed by atoms with Crippen molar-refractivity contribution < 1.29 is 0 Å². The van der Waals surface area contributed by atoms with Gasteiger partial charge in [0.2, 0.25) is 0 Å². The predicted octanol–water partition coefficient (Wildman–Crippen LogP) is 8.56. The molecule has 0 bridgehead atoms. The van der Waals surface area contributed by atoms with Crippen LogP contribution in [0.2, 0.25) is 36.3 Å². The van der Waals surface area contributed by atoms with Crippen LogP contribution in [0.3, 0.4) is 0 Å². The van der Waals surface area contributed by atoms with E-state index in [2.05, 4.69) is 91.2 Å². The average Bonchev–Trinajstić information content (AvgIpc) is 2.42. The van der Waals surface area contributed by atoms with Crippen molar-refractivity contribution in [3.8, 4) is 0 Å². The molecule has 0 rings (SSSR count). The Morgan fingerprint density at radius 2 is 1.08 bits per heavy atom. The van der Waals surface area contributed by atoms with Crippen molar-refractivity contribution in [1.29, 1.82) is 0 Å². The van der Waals surface area contributed by atoms with Gasteiger partial charge in [-0.2, -0.15) is 0 Å². The molecule has 0 aliphatic carbocycles. The van der Waals surface area contributed by atoms with Gasteiger partial charge in [-0.25, -0.2) is 0 Å². The Kier molecular flexibility index (Phi) is 9.77. The molecule has 0 amide bonds. The van der Waals surface area contributed by atoms with Crippen LogP contribution in [-0.4, -0.2) is 20.7 Å². The first-order valence-corrected chi connectivity index (χ1v) is 16.5. The first-order chi connectivity index (χ1) is 11.2. The van der Waals surface area contributed by atoms with Crippen LogP contribution in [0.25, 0.3) is 0 Å². The summed E-state index contributed by atoms with van der Waals surface area (Å²) >= 11 is 0. The van der Waals surface area contributed by atoms with E-state index in [1.165, 1.54) is 44.9 Å². The fourth-order valence-corrected chi connectivity index (χ4v) is 13.0. The van der Waals surface area contributed by atoms with Gasteiger partial charge in [-0.05, 0) is 29.1 Å². The van der Waals surface area contributed by atoms with Crippen LogP contribution < -0.4 is 0 Å². The highest BCUT2D eigenvalue weighted by Crippen LogP contribution is 2.47. The zero-order valence-corrected chi connectivity index (χ0v) is 21.6. The summed E-state index contributed by atoms with van der Waals surface area (Å²) in [6.45, 7) is 27.3. The van der Waals surface area contributed by atoms with E-state index in [0.717, 1.165) is 0 Å². The molecule has 0 spiro atoms. The molecule has 3 heteroatoms. The van der Waals surface area contributed by atoms with Gasteiger partial charge in [-0.3, -0.25) is 0 Å². The largest absolute Gasteiger partial charge is 0.430 e. The molecular weight excluding hydrogens is 334 g/mol. The monoisotopic (exact) mass is 383 g/mol. The lowest BCUT2D eigenvalue weighted by Crippen LogP contribution is -2.66. The molecule has 0 atom stereocenters. The Morgan fingerprint density at radius 1 is 0.680 bits per heavy atom. The SMILES string of the molecule is CCCCCCCC/C=C/N([Si](C)(C)C(C)(C)C)[Si](C)(C)C(C)(C)C. The Balaban J connectivity index is 5.10. The molecule has 0 radical (unpaired) electrons. The molecule has 0 aromatic rings. The highest BCUT2D eigenvalue weighted by molar-refractivity contribution is 6.93. The van der Waals surface area contributed by atoms with Gasteiger partial charge in [-0.1, -0.05) is 113 Å². The summed E-state index contributed by atoms with van der Waals surface area (Å²) in [7, 11) is -3.11. The van der Waals surface area contributed by atoms with Crippen LogP contribution in [-0.2, 0) is 0 Å². The zero-order valence-electron chi connectivity index (χ0n) is 19.6. The smallest absolute Gasteiger partial charge is 0.146 e. The van der Waals surface area contributed by atoms with Gasteiger partial charge in [0.15, 0.2) is 0 Å². The lowest BCUT2D eigenvalue weighted by atomic mass is 10.1. The van der Waals surface area contributed by atoms with Crippen LogP contribution in [0.5, 0.6) is 0 Å². The molecule has 1 nitrogen and oxygen atoms in total. The van der Waals surface area contributed by atoms with E-state index in [1.807, 2.05) is 0 Å². The summed E-state index contributed by atoms with van der Waals surface area (Å²) in [5, 5.41) is 0.764. The van der Waals surface area contributed by atoms with Crippen molar-refractivity contribution in [3.05, 3.63) is 12.3 Å². The Bertz CT molecular complexity index is 371. The first kappa shape index (κ1) is 25.0. The molecular formula is C22H49NSi2. The normalized spacial score (nSPS) is 14.4. The molecule has 0 fully saturated rings. The predicted molar refractivity (Wildman–Crippen MR) is 123 cm³/mol. The molecule has 0 aromatic heterocycles. The highest BCUT2D eigenvalue weighted by Gasteiger charge is 2.50. The van der Waals surface area contributed by atoms with E-state index in [9.17, 15) is 0 Å². The second-order valence-electron chi connectivity index (χ2n) is 10.9. The summed E-state index contributed by atoms with van der Waals surface area (Å²) in [6, 6.07) is 0. The number of nitrogens with zero attached hydrogens (tertiary/aromatic N) is 1. The third-order valence-corrected chi connectivity index (χ3v) is 20.3. The number of hydrogen-bond donors (Lipinski definition) is 0. The van der Waals surface area contributed by atoms with Gasteiger partial charge in [0.05, 0.1) is 0 Å². The summed E-state index contributed by atoms with van der Waals surface area (Å²) in [6.07, 6.45) is 14.6. The van der Waals surface area contributed by atoms with E-state index < -0.39 is 16.5 Å². The quantitative estimate of drug-likeness (QED) is 0.270. The van der Waals surface area contributed by atoms with E-state index in [-0.39, 0.29) is 0 Å². The maximum Gasteiger partial charge on any atom is 0.146 e. The standard InChI is InChI=1S/C22H49NSi2/c1-12-13-14-15-16-17-18-19-20-23(24(8,9)21(2,3)4)25(10,11)22(5,6)7/h19-20H,12-18H2,1-11H3/b20-19+. The molecule has 0 aliphatic rings. The molecule has 25 heavy (non-hydrogen) atoms. The van der Waals surface area contributed by atoms with Gasteiger partial charge in [0.1, 0.15) is 16.5 Å². The van der Waals surface area contributed by atoms with Crippen molar-refractivity contribution in [2.75, 3.05) is 0 Å². The summed E-state index contributed by atoms with van der Waals surface area (Å²) in [4.78, 5) is 0. The molecule has 0 N–H and O–H groups in total. The maximum atomic E-state index is 2.91. The van der Waals surface area contributed by atoms with E-state index >= 15 is 0 Å². The van der Waals surface area contributed by atoms with Crippen LogP contribution in [0.1, 0.15) is 93.4 Å². The Hall–Kier alpha value is -0.0262. The maximum absolute atomic E-state index is 2.91. The minimum atomic E-state index is -1.56. The third-order valence-electron chi connectivity index (χ3n) is 6.85. The van der Waals surface area contributed by atoms with Gasteiger partial charge in [0, 0.05) is 0 Å². The Morgan fingerprint density at radius 3 is 1.48 bits per heavy atom. The molecule has 0 aromatic carbocycles. The number of allylic oxidation sites excluding steroid dienone is 1. The molecule has 0 aliphatic heterocycles. The minimum absolute atomic E-state index is 0.382. The van der Waals surface area contributed by atoms with Crippen molar-refractivity contribution in [3.63, 3.8) is 0 Å². The van der Waals surface area contributed by atoms with Gasteiger partial charge < -0.3 is 4.23 Å². The fourth-order valence-electron chi connectivity index (χ4n) is 3.02. The first-order valence-electron chi connectivity index (χ1n) is 10.7. The number of rotatable bonds is 10. The van der Waals surface area contributed by atoms with Gasteiger partial charge in [-0.15, -0.1) is 0 Å². The number of hydrogen-bond acceptors (Lipinski definition) is 1. The van der Waals surface area contributed by atoms with E-state index in [0.29, 0.717) is 10.1 Å². The highest BCUT2D eigenvalue weighted by atomic mass is 28.4. The zero-order chi connectivity index (χ0) is 19.9. The van der Waals surface area contributed by atoms with Crippen molar-refractivity contribution in [2.45, 2.75) is 130 Å². The fraction of sp³-hybridized carbons (Fsp3) is 0.909. The van der Waals surface area contributed by atoms with Crippen molar-refractivity contribution >= 4 is 16.5 Å². The van der Waals surface area contributed by atoms with Crippen LogP contribution in [0.4, 0.5) is 0 Å². The van der Waals surface area contributed by atoms with Crippen LogP contribution in [0.15, 0.2) is 12.3 Å². The molecule has 0 unspecified atom stereocenters. The lowest BCUT2D eigenvalue weighted by Gasteiger charge is -2.57. The van der Waals surface area contributed by atoms with Crippen LogP contribution in [0, 0.1) is 0 Å². The van der Waals surface area contributed by atoms with E-state index in [1.54, 1.807) is 0 Å². The topological polar surface area (TPSA) is 3.24 Å². The number of unbranched alkanes of at least 4 members (excludes halogenated alkanes) is 6. The summed E-state index contributed by atoms with van der Waals surface area (Å²) in [5.74, 6) is 0. The van der Waals surface area contributed by atoms with Crippen molar-refractivity contribution in [2.24, 2.45) is 0 Å². The Labute approximate surface area is 162 Å². The second-order valence-corrected chi connectivity index (χ2v) is 21.6. The minimum Gasteiger partial charge on any atom is -0.430 e. The molecule has 0 saturated heterocycles. The summed E-state index contributed by atoms with van der Waals surface area (Å²) in [5.41, 5.74) is 0. The average molecular weight is 384 g/mol. The third kappa shape index (κ3) is 7.24. The van der Waals surface area contributed by atoms with Gasteiger partial charge in [0.25, 0.3) is 0 Å². The van der Waals surface area contributed by atoms with Crippen molar-refractivity contribution in [1.82, 2.24) is 4.23 Å². The molecule has 0 saturated carbocycles. The van der Waals surface area contributed by atoms with Gasteiger partial charge >= 0.3 is 0 Å². The summed E-state index contributed by atoms with van der Waals surface area (Å²) < 4.78 is 2.91. The lowest BCUT2D eigenvalue weighted by molar-refractivity contribution is 0.592. The van der Waals surface area contributed by atoms with E-state index in [4.69, 9.17) is 0 Å². The molecule has 0 heterocycles.